The monoisotopic (exact) mass is 449 g/mol. The number of para-hydroxylation sites is 1. The van der Waals surface area contributed by atoms with Crippen LogP contribution in [0.2, 0.25) is 0 Å². The predicted molar refractivity (Wildman–Crippen MR) is 140 cm³/mol. The summed E-state index contributed by atoms with van der Waals surface area (Å²) < 4.78 is 0. The lowest BCUT2D eigenvalue weighted by atomic mass is 9.64. The zero-order valence-electron chi connectivity index (χ0n) is 19.5. The van der Waals surface area contributed by atoms with E-state index in [-0.39, 0.29) is 6.03 Å². The first-order valence-electron chi connectivity index (χ1n) is 11.6. The molecule has 34 heavy (non-hydrogen) atoms. The molecule has 2 amide bonds. The van der Waals surface area contributed by atoms with E-state index < -0.39 is 5.41 Å². The molecule has 3 N–H and O–H groups in total. The first-order valence-corrected chi connectivity index (χ1v) is 11.6. The normalized spacial score (nSPS) is 13.4. The number of nitrogens with zero attached hydrogens (tertiary/aromatic N) is 1. The zero-order valence-corrected chi connectivity index (χ0v) is 19.5. The number of hydrogen-bond acceptors (Lipinski definition) is 2. The standard InChI is InChI=1S/C25H21N.C5H10N2O/c26-24-19-11-10-18-23(24)25(20-12-4-1-5-13-20,21-14-6-2-7-15-21)22-16-8-3-9-17-22;1-7-4-2-3-6-5(7)8/h1-19H,26H2;2-4H2,1H3,(H,6,8). The Morgan fingerprint density at radius 1 is 0.706 bits per heavy atom. The molecule has 4 aromatic rings. The SMILES string of the molecule is CN1CCCNC1=O.Nc1ccccc1C(c1ccccc1)(c1ccccc1)c1ccccc1. The van der Waals surface area contributed by atoms with E-state index >= 15 is 0 Å². The highest BCUT2D eigenvalue weighted by Gasteiger charge is 2.39. The molecule has 1 aliphatic heterocycles. The summed E-state index contributed by atoms with van der Waals surface area (Å²) in [6, 6.07) is 40.1. The number of carbonyl (C=O) groups is 1. The van der Waals surface area contributed by atoms with Gasteiger partial charge in [0.1, 0.15) is 0 Å². The van der Waals surface area contributed by atoms with Gasteiger partial charge in [0.05, 0.1) is 5.41 Å². The van der Waals surface area contributed by atoms with E-state index in [2.05, 4.69) is 108 Å². The number of benzene rings is 4. The van der Waals surface area contributed by atoms with Crippen molar-refractivity contribution in [3.05, 3.63) is 138 Å². The third kappa shape index (κ3) is 4.67. The van der Waals surface area contributed by atoms with Crippen LogP contribution in [0.1, 0.15) is 28.7 Å². The average molecular weight is 450 g/mol. The summed E-state index contributed by atoms with van der Waals surface area (Å²) in [5, 5.41) is 2.72. The molecule has 1 heterocycles. The van der Waals surface area contributed by atoms with Crippen LogP contribution in [0.25, 0.3) is 0 Å². The minimum absolute atomic E-state index is 0.0521. The van der Waals surface area contributed by atoms with Crippen molar-refractivity contribution in [1.29, 1.82) is 0 Å². The highest BCUT2D eigenvalue weighted by molar-refractivity contribution is 5.74. The fraction of sp³-hybridized carbons (Fsp3) is 0.167. The quantitative estimate of drug-likeness (QED) is 0.311. The van der Waals surface area contributed by atoms with E-state index in [4.69, 9.17) is 5.73 Å². The van der Waals surface area contributed by atoms with Crippen LogP contribution in [0.15, 0.2) is 115 Å². The lowest BCUT2D eigenvalue weighted by Crippen LogP contribution is -2.43. The minimum Gasteiger partial charge on any atom is -0.398 e. The van der Waals surface area contributed by atoms with Gasteiger partial charge in [0.25, 0.3) is 0 Å². The molecule has 5 rings (SSSR count). The van der Waals surface area contributed by atoms with E-state index in [0.717, 1.165) is 30.8 Å². The van der Waals surface area contributed by atoms with Crippen molar-refractivity contribution in [2.75, 3.05) is 25.9 Å². The number of nitrogens with one attached hydrogen (secondary N) is 1. The van der Waals surface area contributed by atoms with Crippen LogP contribution in [0.3, 0.4) is 0 Å². The van der Waals surface area contributed by atoms with Crippen molar-refractivity contribution in [3.8, 4) is 0 Å². The number of amides is 2. The van der Waals surface area contributed by atoms with Crippen molar-refractivity contribution < 1.29 is 4.79 Å². The number of rotatable bonds is 4. The number of urea groups is 1. The lowest BCUT2D eigenvalue weighted by Gasteiger charge is -2.37. The van der Waals surface area contributed by atoms with Gasteiger partial charge in [0, 0.05) is 25.8 Å². The second-order valence-corrected chi connectivity index (χ2v) is 8.44. The van der Waals surface area contributed by atoms with Crippen molar-refractivity contribution in [3.63, 3.8) is 0 Å². The minimum atomic E-state index is -0.463. The molecule has 4 aromatic carbocycles. The molecule has 0 unspecified atom stereocenters. The highest BCUT2D eigenvalue weighted by Crippen LogP contribution is 2.46. The van der Waals surface area contributed by atoms with Crippen LogP contribution in [0.5, 0.6) is 0 Å². The van der Waals surface area contributed by atoms with E-state index in [1.807, 2.05) is 12.1 Å². The summed E-state index contributed by atoms with van der Waals surface area (Å²) in [6.07, 6.45) is 1.07. The number of hydrogen-bond donors (Lipinski definition) is 2. The Morgan fingerprint density at radius 3 is 1.53 bits per heavy atom. The Hall–Kier alpha value is -4.05. The van der Waals surface area contributed by atoms with Crippen molar-refractivity contribution >= 4 is 11.7 Å². The second-order valence-electron chi connectivity index (χ2n) is 8.44. The van der Waals surface area contributed by atoms with Crippen molar-refractivity contribution in [2.24, 2.45) is 0 Å². The first-order chi connectivity index (χ1) is 16.6. The summed E-state index contributed by atoms with van der Waals surface area (Å²) in [4.78, 5) is 12.3. The maximum atomic E-state index is 10.6. The van der Waals surface area contributed by atoms with Crippen LogP contribution in [-0.4, -0.2) is 31.1 Å². The predicted octanol–water partition coefficient (Wildman–Crippen LogP) is 5.68. The highest BCUT2D eigenvalue weighted by atomic mass is 16.2. The summed E-state index contributed by atoms with van der Waals surface area (Å²) in [5.41, 5.74) is 11.6. The molecule has 0 spiro atoms. The zero-order chi connectivity index (χ0) is 23.8. The molecular weight excluding hydrogens is 418 g/mol. The molecule has 0 aromatic heterocycles. The van der Waals surface area contributed by atoms with Gasteiger partial charge in [-0.25, -0.2) is 4.79 Å². The van der Waals surface area contributed by atoms with Crippen molar-refractivity contribution in [1.82, 2.24) is 10.2 Å². The van der Waals surface area contributed by atoms with Crippen LogP contribution in [0, 0.1) is 0 Å². The molecule has 4 heteroatoms. The van der Waals surface area contributed by atoms with Crippen molar-refractivity contribution in [2.45, 2.75) is 11.8 Å². The molecule has 172 valence electrons. The Balaban J connectivity index is 0.000000291. The van der Waals surface area contributed by atoms with Crippen LogP contribution >= 0.6 is 0 Å². The van der Waals surface area contributed by atoms with E-state index in [9.17, 15) is 4.79 Å². The molecular formula is C30H31N3O. The number of nitrogens with two attached hydrogens (primary N) is 1. The molecule has 0 aliphatic carbocycles. The Morgan fingerprint density at radius 2 is 1.15 bits per heavy atom. The number of carbonyl (C=O) groups excluding carboxylic acids is 1. The average Bonchev–Trinajstić information content (AvgIpc) is 2.90. The van der Waals surface area contributed by atoms with Gasteiger partial charge in [0.15, 0.2) is 0 Å². The molecule has 1 saturated heterocycles. The molecule has 1 aliphatic rings. The van der Waals surface area contributed by atoms with Crippen LogP contribution in [0.4, 0.5) is 10.5 Å². The summed E-state index contributed by atoms with van der Waals surface area (Å²) in [7, 11) is 1.80. The molecule has 0 radical (unpaired) electrons. The van der Waals surface area contributed by atoms with Gasteiger partial charge in [-0.1, -0.05) is 109 Å². The van der Waals surface area contributed by atoms with Gasteiger partial charge in [-0.05, 0) is 34.7 Å². The fourth-order valence-corrected chi connectivity index (χ4v) is 4.62. The summed E-state index contributed by atoms with van der Waals surface area (Å²) in [5.74, 6) is 0. The van der Waals surface area contributed by atoms with Crippen LogP contribution < -0.4 is 11.1 Å². The van der Waals surface area contributed by atoms with Gasteiger partial charge in [0.2, 0.25) is 0 Å². The Labute approximate surface area is 202 Å². The second kappa shape index (κ2) is 10.7. The van der Waals surface area contributed by atoms with Crippen LogP contribution in [-0.2, 0) is 5.41 Å². The van der Waals surface area contributed by atoms with Gasteiger partial charge in [-0.2, -0.15) is 0 Å². The Kier molecular flexibility index (Phi) is 7.28. The van der Waals surface area contributed by atoms with E-state index in [1.54, 1.807) is 11.9 Å². The number of nitrogen functional groups attached to an aromatic ring is 1. The van der Waals surface area contributed by atoms with E-state index in [0.29, 0.717) is 0 Å². The maximum absolute atomic E-state index is 10.6. The van der Waals surface area contributed by atoms with Gasteiger partial charge in [-0.15, -0.1) is 0 Å². The Bertz CT molecular complexity index is 1100. The maximum Gasteiger partial charge on any atom is 0.317 e. The van der Waals surface area contributed by atoms with Gasteiger partial charge < -0.3 is 16.0 Å². The topological polar surface area (TPSA) is 58.4 Å². The molecule has 0 bridgehead atoms. The smallest absolute Gasteiger partial charge is 0.317 e. The third-order valence-electron chi connectivity index (χ3n) is 6.28. The largest absolute Gasteiger partial charge is 0.398 e. The molecule has 0 atom stereocenters. The number of anilines is 1. The summed E-state index contributed by atoms with van der Waals surface area (Å²) >= 11 is 0. The van der Waals surface area contributed by atoms with Gasteiger partial charge in [-0.3, -0.25) is 0 Å². The first kappa shape index (κ1) is 23.1. The molecule has 1 fully saturated rings. The van der Waals surface area contributed by atoms with E-state index in [1.165, 1.54) is 16.7 Å². The lowest BCUT2D eigenvalue weighted by molar-refractivity contribution is 0.199. The fourth-order valence-electron chi connectivity index (χ4n) is 4.62. The third-order valence-corrected chi connectivity index (χ3v) is 6.28. The molecule has 0 saturated carbocycles. The molecule has 4 nitrogen and oxygen atoms in total. The van der Waals surface area contributed by atoms with Gasteiger partial charge >= 0.3 is 6.03 Å². The summed E-state index contributed by atoms with van der Waals surface area (Å²) in [6.45, 7) is 1.73.